The van der Waals surface area contributed by atoms with Crippen molar-refractivity contribution in [2.24, 2.45) is 0 Å². The zero-order chi connectivity index (χ0) is 20.2. The fraction of sp³-hybridized carbons (Fsp3) is 0.375. The van der Waals surface area contributed by atoms with Crippen molar-refractivity contribution in [1.29, 1.82) is 0 Å². The van der Waals surface area contributed by atoms with Crippen LogP contribution in [0.2, 0.25) is 0 Å². The van der Waals surface area contributed by atoms with E-state index >= 15 is 0 Å². The molecule has 29 heavy (non-hydrogen) atoms. The maximum Gasteiger partial charge on any atom is 0.230 e. The minimum Gasteiger partial charge on any atom is -0.376 e. The number of aryl methyl sites for hydroxylation is 2. The summed E-state index contributed by atoms with van der Waals surface area (Å²) in [5, 5.41) is 4.22. The number of nitrogens with zero attached hydrogens (tertiary/aromatic N) is 1. The summed E-state index contributed by atoms with van der Waals surface area (Å²) in [5.74, 6) is 0.487. The lowest BCUT2D eigenvalue weighted by molar-refractivity contribution is -0.119. The second-order valence-electron chi connectivity index (χ2n) is 7.80. The molecule has 1 atom stereocenters. The van der Waals surface area contributed by atoms with Crippen LogP contribution in [0.15, 0.2) is 53.6 Å². The second kappa shape index (κ2) is 9.06. The number of aromatic nitrogens is 1. The molecule has 0 radical (unpaired) electrons. The molecule has 1 N–H and O–H groups in total. The van der Waals surface area contributed by atoms with E-state index in [2.05, 4.69) is 72.4 Å². The molecular weight excluding hydrogens is 380 g/mol. The smallest absolute Gasteiger partial charge is 0.230 e. The first-order chi connectivity index (χ1) is 14.1. The molecule has 1 amide bonds. The lowest BCUT2D eigenvalue weighted by Crippen LogP contribution is -2.32. The number of amides is 1. The minimum atomic E-state index is 0.0665. The lowest BCUT2D eigenvalue weighted by Gasteiger charge is -2.10. The molecule has 0 bridgehead atoms. The van der Waals surface area contributed by atoms with Crippen LogP contribution in [0.4, 0.5) is 0 Å². The molecule has 0 saturated carbocycles. The number of para-hydroxylation sites is 1. The van der Waals surface area contributed by atoms with Crippen LogP contribution in [0.25, 0.3) is 10.9 Å². The van der Waals surface area contributed by atoms with Gasteiger partial charge in [-0.05, 0) is 43.9 Å². The van der Waals surface area contributed by atoms with Gasteiger partial charge in [-0.25, -0.2) is 0 Å². The molecule has 152 valence electrons. The Kier molecular flexibility index (Phi) is 6.26. The summed E-state index contributed by atoms with van der Waals surface area (Å²) in [5.41, 5.74) is 5.11. The van der Waals surface area contributed by atoms with Crippen LogP contribution in [0.3, 0.4) is 0 Å². The van der Waals surface area contributed by atoms with Gasteiger partial charge in [-0.1, -0.05) is 42.0 Å². The Balaban J connectivity index is 1.47. The van der Waals surface area contributed by atoms with Gasteiger partial charge >= 0.3 is 0 Å². The third-order valence-corrected chi connectivity index (χ3v) is 6.55. The molecule has 0 aliphatic carbocycles. The number of nitrogens with one attached hydrogen (secondary N) is 1. The minimum absolute atomic E-state index is 0.0665. The van der Waals surface area contributed by atoms with E-state index in [-0.39, 0.29) is 12.0 Å². The first-order valence-corrected chi connectivity index (χ1v) is 11.2. The number of thioether (sulfide) groups is 1. The van der Waals surface area contributed by atoms with Gasteiger partial charge in [-0.15, -0.1) is 11.8 Å². The van der Waals surface area contributed by atoms with Gasteiger partial charge in [0, 0.05) is 41.7 Å². The highest BCUT2D eigenvalue weighted by atomic mass is 32.2. The highest BCUT2D eigenvalue weighted by Gasteiger charge is 2.17. The molecule has 4 rings (SSSR count). The SMILES string of the molecule is Cc1ccc(C)c(Cn2cc(SCC(=O)NC[C@@H]3CCCO3)c3ccccc32)c1. The molecule has 3 aromatic rings. The Morgan fingerprint density at radius 2 is 2.10 bits per heavy atom. The summed E-state index contributed by atoms with van der Waals surface area (Å²) < 4.78 is 7.87. The number of hydrogen-bond donors (Lipinski definition) is 1. The van der Waals surface area contributed by atoms with Gasteiger partial charge in [0.15, 0.2) is 0 Å². The monoisotopic (exact) mass is 408 g/mol. The normalized spacial score (nSPS) is 16.4. The zero-order valence-corrected chi connectivity index (χ0v) is 17.9. The van der Waals surface area contributed by atoms with E-state index in [1.54, 1.807) is 11.8 Å². The van der Waals surface area contributed by atoms with E-state index in [4.69, 9.17) is 4.74 Å². The van der Waals surface area contributed by atoms with E-state index in [1.165, 1.54) is 27.6 Å². The van der Waals surface area contributed by atoms with Crippen molar-refractivity contribution in [2.75, 3.05) is 18.9 Å². The zero-order valence-electron chi connectivity index (χ0n) is 17.1. The topological polar surface area (TPSA) is 43.3 Å². The summed E-state index contributed by atoms with van der Waals surface area (Å²) in [6, 6.07) is 15.0. The van der Waals surface area contributed by atoms with Gasteiger partial charge in [0.2, 0.25) is 5.91 Å². The molecule has 4 nitrogen and oxygen atoms in total. The van der Waals surface area contributed by atoms with Gasteiger partial charge in [0.05, 0.1) is 11.9 Å². The first kappa shape index (κ1) is 20.0. The summed E-state index contributed by atoms with van der Waals surface area (Å²) in [7, 11) is 0. The number of fused-ring (bicyclic) bond motifs is 1. The Morgan fingerprint density at radius 1 is 1.24 bits per heavy atom. The summed E-state index contributed by atoms with van der Waals surface area (Å²) in [6.45, 7) is 6.56. The van der Waals surface area contributed by atoms with Crippen LogP contribution in [0, 0.1) is 13.8 Å². The van der Waals surface area contributed by atoms with Gasteiger partial charge < -0.3 is 14.6 Å². The predicted octanol–water partition coefficient (Wildman–Crippen LogP) is 4.69. The fourth-order valence-electron chi connectivity index (χ4n) is 3.84. The van der Waals surface area contributed by atoms with E-state index in [0.29, 0.717) is 12.3 Å². The van der Waals surface area contributed by atoms with E-state index in [1.807, 2.05) is 0 Å². The van der Waals surface area contributed by atoms with Crippen LogP contribution >= 0.6 is 11.8 Å². The number of ether oxygens (including phenoxy) is 1. The Labute approximate surface area is 176 Å². The van der Waals surface area contributed by atoms with Crippen molar-refractivity contribution < 1.29 is 9.53 Å². The van der Waals surface area contributed by atoms with Crippen molar-refractivity contribution in [3.05, 3.63) is 65.4 Å². The number of rotatable bonds is 7. The average molecular weight is 409 g/mol. The van der Waals surface area contributed by atoms with Crippen LogP contribution < -0.4 is 5.32 Å². The lowest BCUT2D eigenvalue weighted by atomic mass is 10.1. The number of hydrogen-bond acceptors (Lipinski definition) is 3. The third-order valence-electron chi connectivity index (χ3n) is 5.51. The molecule has 0 spiro atoms. The average Bonchev–Trinajstić information content (AvgIpc) is 3.36. The molecule has 2 heterocycles. The molecule has 1 aliphatic rings. The van der Waals surface area contributed by atoms with Gasteiger partial charge in [0.25, 0.3) is 0 Å². The van der Waals surface area contributed by atoms with Crippen LogP contribution in [0.1, 0.15) is 29.5 Å². The Hall–Kier alpha value is -2.24. The van der Waals surface area contributed by atoms with Gasteiger partial charge in [-0.2, -0.15) is 0 Å². The van der Waals surface area contributed by atoms with Crippen molar-refractivity contribution in [3.8, 4) is 0 Å². The maximum absolute atomic E-state index is 12.3. The van der Waals surface area contributed by atoms with Crippen molar-refractivity contribution in [2.45, 2.75) is 44.2 Å². The fourth-order valence-corrected chi connectivity index (χ4v) is 4.76. The predicted molar refractivity (Wildman–Crippen MR) is 120 cm³/mol. The number of carbonyl (C=O) groups excluding carboxylic acids is 1. The van der Waals surface area contributed by atoms with Gasteiger partial charge in [-0.3, -0.25) is 4.79 Å². The second-order valence-corrected chi connectivity index (χ2v) is 8.81. The molecule has 1 aliphatic heterocycles. The molecule has 2 aromatic carbocycles. The molecule has 1 fully saturated rings. The Bertz CT molecular complexity index is 1010. The Morgan fingerprint density at radius 3 is 2.93 bits per heavy atom. The summed E-state index contributed by atoms with van der Waals surface area (Å²) >= 11 is 1.61. The molecule has 1 aromatic heterocycles. The van der Waals surface area contributed by atoms with Crippen LogP contribution in [-0.4, -0.2) is 35.5 Å². The largest absolute Gasteiger partial charge is 0.376 e. The van der Waals surface area contributed by atoms with Gasteiger partial charge in [0.1, 0.15) is 0 Å². The molecule has 5 heteroatoms. The number of carbonyl (C=O) groups is 1. The molecule has 1 saturated heterocycles. The summed E-state index contributed by atoms with van der Waals surface area (Å²) in [6.07, 6.45) is 4.50. The quantitative estimate of drug-likeness (QED) is 0.577. The van der Waals surface area contributed by atoms with Crippen molar-refractivity contribution in [1.82, 2.24) is 9.88 Å². The highest BCUT2D eigenvalue weighted by molar-refractivity contribution is 8.00. The van der Waals surface area contributed by atoms with E-state index in [9.17, 15) is 4.79 Å². The highest BCUT2D eigenvalue weighted by Crippen LogP contribution is 2.31. The maximum atomic E-state index is 12.3. The van der Waals surface area contributed by atoms with Crippen molar-refractivity contribution >= 4 is 28.6 Å². The van der Waals surface area contributed by atoms with Crippen LogP contribution in [0.5, 0.6) is 0 Å². The summed E-state index contributed by atoms with van der Waals surface area (Å²) in [4.78, 5) is 13.4. The standard InChI is InChI=1S/C24H28N2O2S/c1-17-9-10-18(2)19(12-17)14-26-15-23(21-7-3-4-8-22(21)26)29-16-24(27)25-13-20-6-5-11-28-20/h3-4,7-10,12,15,20H,5-6,11,13-14,16H2,1-2H3,(H,25,27)/t20-/m0/s1. The van der Waals surface area contributed by atoms with E-state index < -0.39 is 0 Å². The molecule has 0 unspecified atom stereocenters. The van der Waals surface area contributed by atoms with Crippen molar-refractivity contribution in [3.63, 3.8) is 0 Å². The number of benzene rings is 2. The van der Waals surface area contributed by atoms with E-state index in [0.717, 1.165) is 30.9 Å². The molecular formula is C24H28N2O2S. The van der Waals surface area contributed by atoms with Crippen LogP contribution in [-0.2, 0) is 16.1 Å². The third kappa shape index (κ3) is 4.85. The first-order valence-electron chi connectivity index (χ1n) is 10.3.